The van der Waals surface area contributed by atoms with Crippen LogP contribution in [0.4, 0.5) is 0 Å². The molecule has 0 radical (unpaired) electrons. The molecule has 1 aromatic carbocycles. The van der Waals surface area contributed by atoms with Crippen LogP contribution in [0.3, 0.4) is 0 Å². The Kier molecular flexibility index (Phi) is 3.80. The van der Waals surface area contributed by atoms with Crippen LogP contribution in [-0.2, 0) is 0 Å². The third-order valence-electron chi connectivity index (χ3n) is 1.71. The van der Waals surface area contributed by atoms with E-state index in [1.54, 1.807) is 6.92 Å². The molecule has 82 valence electrons. The van der Waals surface area contributed by atoms with E-state index in [1.165, 1.54) is 12.1 Å². The minimum atomic E-state index is -0.381. The third-order valence-corrected chi connectivity index (χ3v) is 1.86. The zero-order chi connectivity index (χ0) is 11.4. The monoisotopic (exact) mass is 229 g/mol. The Labute approximate surface area is 92.5 Å². The molecule has 0 saturated carbocycles. The first-order valence-corrected chi connectivity index (χ1v) is 4.88. The van der Waals surface area contributed by atoms with E-state index >= 15 is 0 Å². The highest BCUT2D eigenvalue weighted by Gasteiger charge is 2.08. The Morgan fingerprint density at radius 1 is 1.40 bits per heavy atom. The van der Waals surface area contributed by atoms with Crippen LogP contribution >= 0.6 is 11.6 Å². The van der Waals surface area contributed by atoms with Gasteiger partial charge in [0.05, 0.1) is 0 Å². The average Bonchev–Trinajstić information content (AvgIpc) is 2.12. The number of hydrogen-bond donors (Lipinski definition) is 3. The molecule has 15 heavy (non-hydrogen) atoms. The molecule has 0 aliphatic carbocycles. The minimum absolute atomic E-state index is 0.154. The van der Waals surface area contributed by atoms with Gasteiger partial charge in [0.1, 0.15) is 11.5 Å². The predicted molar refractivity (Wildman–Crippen MR) is 57.4 cm³/mol. The van der Waals surface area contributed by atoms with Crippen molar-refractivity contribution in [3.63, 3.8) is 0 Å². The smallest absolute Gasteiger partial charge is 0.251 e. The number of hydrogen-bond acceptors (Lipinski definition) is 3. The topological polar surface area (TPSA) is 69.6 Å². The highest BCUT2D eigenvalue weighted by molar-refractivity contribution is 6.20. The number of phenolic OH excluding ortho intramolecular Hbond substituents is 2. The maximum atomic E-state index is 11.5. The summed E-state index contributed by atoms with van der Waals surface area (Å²) in [5.41, 5.74) is 0.199. The van der Waals surface area contributed by atoms with Crippen molar-refractivity contribution in [2.45, 2.75) is 12.3 Å². The number of benzene rings is 1. The molecule has 0 saturated heterocycles. The van der Waals surface area contributed by atoms with Gasteiger partial charge in [-0.2, -0.15) is 0 Å². The fourth-order valence-electron chi connectivity index (χ4n) is 1.06. The van der Waals surface area contributed by atoms with E-state index in [1.807, 2.05) is 0 Å². The molecule has 0 spiro atoms. The van der Waals surface area contributed by atoms with Crippen LogP contribution in [0, 0.1) is 0 Å². The van der Waals surface area contributed by atoms with E-state index in [-0.39, 0.29) is 28.3 Å². The number of phenols is 2. The zero-order valence-corrected chi connectivity index (χ0v) is 8.95. The van der Waals surface area contributed by atoms with Gasteiger partial charge in [-0.15, -0.1) is 11.6 Å². The molecule has 0 aliphatic rings. The molecule has 5 heteroatoms. The van der Waals surface area contributed by atoms with Gasteiger partial charge in [-0.05, 0) is 19.1 Å². The minimum Gasteiger partial charge on any atom is -0.508 e. The largest absolute Gasteiger partial charge is 0.508 e. The van der Waals surface area contributed by atoms with Crippen molar-refractivity contribution in [2.24, 2.45) is 0 Å². The average molecular weight is 230 g/mol. The number of carbonyl (C=O) groups is 1. The molecular formula is C10H12ClNO3. The molecular weight excluding hydrogens is 218 g/mol. The summed E-state index contributed by atoms with van der Waals surface area (Å²) >= 11 is 5.66. The molecule has 0 aromatic heterocycles. The van der Waals surface area contributed by atoms with Crippen molar-refractivity contribution in [3.8, 4) is 11.5 Å². The molecule has 1 atom stereocenters. The summed E-state index contributed by atoms with van der Waals surface area (Å²) in [6.07, 6.45) is 0. The summed E-state index contributed by atoms with van der Waals surface area (Å²) < 4.78 is 0. The van der Waals surface area contributed by atoms with Crippen LogP contribution in [0.15, 0.2) is 18.2 Å². The number of amides is 1. The van der Waals surface area contributed by atoms with Crippen LogP contribution in [0.1, 0.15) is 17.3 Å². The van der Waals surface area contributed by atoms with E-state index in [0.717, 1.165) is 6.07 Å². The number of rotatable bonds is 3. The van der Waals surface area contributed by atoms with Gasteiger partial charge in [0.25, 0.3) is 5.91 Å². The maximum Gasteiger partial charge on any atom is 0.251 e. The van der Waals surface area contributed by atoms with Gasteiger partial charge in [-0.1, -0.05) is 0 Å². The Morgan fingerprint density at radius 2 is 1.93 bits per heavy atom. The van der Waals surface area contributed by atoms with Crippen molar-refractivity contribution >= 4 is 17.5 Å². The summed E-state index contributed by atoms with van der Waals surface area (Å²) in [7, 11) is 0. The number of nitrogens with one attached hydrogen (secondary N) is 1. The first-order valence-electron chi connectivity index (χ1n) is 4.44. The zero-order valence-electron chi connectivity index (χ0n) is 8.20. The molecule has 1 unspecified atom stereocenters. The van der Waals surface area contributed by atoms with Crippen LogP contribution in [0.2, 0.25) is 0 Å². The molecule has 3 N–H and O–H groups in total. The first kappa shape index (κ1) is 11.7. The number of alkyl halides is 1. The van der Waals surface area contributed by atoms with E-state index < -0.39 is 0 Å². The van der Waals surface area contributed by atoms with Gasteiger partial charge >= 0.3 is 0 Å². The molecule has 0 bridgehead atoms. The normalized spacial score (nSPS) is 12.1. The standard InChI is InChI=1S/C10H12ClNO3/c1-6(11)5-12-10(15)7-2-8(13)4-9(14)3-7/h2-4,6,13-14H,5H2,1H3,(H,12,15). The fraction of sp³-hybridized carbons (Fsp3) is 0.300. The summed E-state index contributed by atoms with van der Waals surface area (Å²) in [5.74, 6) is -0.688. The second-order valence-electron chi connectivity index (χ2n) is 3.23. The highest BCUT2D eigenvalue weighted by Crippen LogP contribution is 2.20. The van der Waals surface area contributed by atoms with Gasteiger partial charge in [0.15, 0.2) is 0 Å². The van der Waals surface area contributed by atoms with E-state index in [9.17, 15) is 4.79 Å². The Balaban J connectivity index is 2.73. The lowest BCUT2D eigenvalue weighted by atomic mass is 10.2. The Morgan fingerprint density at radius 3 is 2.40 bits per heavy atom. The molecule has 0 fully saturated rings. The van der Waals surface area contributed by atoms with Gasteiger partial charge in [-0.3, -0.25) is 4.79 Å². The van der Waals surface area contributed by atoms with Gasteiger partial charge in [0, 0.05) is 23.6 Å². The van der Waals surface area contributed by atoms with Crippen molar-refractivity contribution in [3.05, 3.63) is 23.8 Å². The molecule has 1 amide bonds. The number of halogens is 1. The lowest BCUT2D eigenvalue weighted by Gasteiger charge is -2.07. The number of aromatic hydroxyl groups is 2. The molecule has 1 rings (SSSR count). The molecule has 0 heterocycles. The second-order valence-corrected chi connectivity index (χ2v) is 3.97. The molecule has 4 nitrogen and oxygen atoms in total. The van der Waals surface area contributed by atoms with Crippen molar-refractivity contribution in [1.29, 1.82) is 0 Å². The van der Waals surface area contributed by atoms with Gasteiger partial charge in [0.2, 0.25) is 0 Å². The van der Waals surface area contributed by atoms with Crippen molar-refractivity contribution in [2.75, 3.05) is 6.54 Å². The fourth-order valence-corrected chi connectivity index (χ4v) is 1.14. The Hall–Kier alpha value is -1.42. The summed E-state index contributed by atoms with van der Waals surface area (Å²) in [6.45, 7) is 2.08. The SMILES string of the molecule is CC(Cl)CNC(=O)c1cc(O)cc(O)c1. The second kappa shape index (κ2) is 4.89. The highest BCUT2D eigenvalue weighted by atomic mass is 35.5. The summed E-state index contributed by atoms with van der Waals surface area (Å²) in [4.78, 5) is 11.5. The van der Waals surface area contributed by atoms with Crippen LogP contribution in [0.5, 0.6) is 11.5 Å². The van der Waals surface area contributed by atoms with Crippen molar-refractivity contribution < 1.29 is 15.0 Å². The number of carbonyl (C=O) groups excluding carboxylic acids is 1. The van der Waals surface area contributed by atoms with Gasteiger partial charge < -0.3 is 15.5 Å². The maximum absolute atomic E-state index is 11.5. The van der Waals surface area contributed by atoms with Gasteiger partial charge in [-0.25, -0.2) is 0 Å². The lowest BCUT2D eigenvalue weighted by molar-refractivity contribution is 0.0953. The predicted octanol–water partition coefficient (Wildman–Crippen LogP) is 1.45. The van der Waals surface area contributed by atoms with Crippen molar-refractivity contribution in [1.82, 2.24) is 5.32 Å². The van der Waals surface area contributed by atoms with E-state index in [2.05, 4.69) is 5.32 Å². The lowest BCUT2D eigenvalue weighted by Crippen LogP contribution is -2.28. The van der Waals surface area contributed by atoms with E-state index in [4.69, 9.17) is 21.8 Å². The van der Waals surface area contributed by atoms with E-state index in [0.29, 0.717) is 6.54 Å². The van der Waals surface area contributed by atoms with Crippen LogP contribution in [-0.4, -0.2) is 28.0 Å². The molecule has 0 aliphatic heterocycles. The quantitative estimate of drug-likeness (QED) is 0.688. The first-order chi connectivity index (χ1) is 6.99. The third kappa shape index (κ3) is 3.67. The summed E-state index contributed by atoms with van der Waals surface area (Å²) in [5, 5.41) is 20.7. The Bertz CT molecular complexity index is 345. The van der Waals surface area contributed by atoms with Crippen LogP contribution in [0.25, 0.3) is 0 Å². The van der Waals surface area contributed by atoms with Crippen LogP contribution < -0.4 is 5.32 Å². The summed E-state index contributed by atoms with van der Waals surface area (Å²) in [6, 6.07) is 3.70. The molecule has 1 aromatic rings.